The number of hydrogen-bond acceptors (Lipinski definition) is 3. The zero-order chi connectivity index (χ0) is 10.7. The molecule has 1 aromatic rings. The van der Waals surface area contributed by atoms with Gasteiger partial charge in [0.05, 0.1) is 0 Å². The van der Waals surface area contributed by atoms with Gasteiger partial charge in [0.1, 0.15) is 5.69 Å². The van der Waals surface area contributed by atoms with E-state index >= 15 is 0 Å². The second-order valence-corrected chi connectivity index (χ2v) is 4.13. The molecule has 80 valence electrons. The molecule has 1 aromatic heterocycles. The van der Waals surface area contributed by atoms with E-state index < -0.39 is 0 Å². The van der Waals surface area contributed by atoms with Crippen molar-refractivity contribution >= 4 is 5.78 Å². The number of Topliss-reactive ketones (excluding diaryl/α,β-unsaturated/α-hetero) is 1. The van der Waals surface area contributed by atoms with Gasteiger partial charge in [0.15, 0.2) is 5.78 Å². The molecule has 1 fully saturated rings. The van der Waals surface area contributed by atoms with Crippen LogP contribution in [0.15, 0.2) is 18.3 Å². The van der Waals surface area contributed by atoms with Crippen molar-refractivity contribution in [2.45, 2.75) is 19.8 Å². The highest BCUT2D eigenvalue weighted by molar-refractivity contribution is 5.96. The standard InChI is InChI=1S/C12H16N2O/c1-9-4-6-14-11(7-9)12(15)10-3-2-5-13-8-10/h4,6-7,10,13H,2-3,5,8H2,1H3. The van der Waals surface area contributed by atoms with Crippen molar-refractivity contribution in [3.63, 3.8) is 0 Å². The molecule has 0 aromatic carbocycles. The molecular formula is C12H16N2O. The van der Waals surface area contributed by atoms with Crippen molar-refractivity contribution in [2.75, 3.05) is 13.1 Å². The van der Waals surface area contributed by atoms with Crippen LogP contribution in [0.2, 0.25) is 0 Å². The average Bonchev–Trinajstić information content (AvgIpc) is 2.29. The quantitative estimate of drug-likeness (QED) is 0.743. The minimum absolute atomic E-state index is 0.119. The number of aryl methyl sites for hydroxylation is 1. The molecule has 1 saturated heterocycles. The Balaban J connectivity index is 2.12. The van der Waals surface area contributed by atoms with Crippen molar-refractivity contribution < 1.29 is 4.79 Å². The van der Waals surface area contributed by atoms with Crippen LogP contribution in [0.1, 0.15) is 28.9 Å². The molecule has 0 aliphatic carbocycles. The number of hydrogen-bond donors (Lipinski definition) is 1. The molecule has 1 atom stereocenters. The van der Waals surface area contributed by atoms with Crippen LogP contribution in [0.4, 0.5) is 0 Å². The summed E-state index contributed by atoms with van der Waals surface area (Å²) < 4.78 is 0. The Labute approximate surface area is 89.9 Å². The van der Waals surface area contributed by atoms with E-state index in [4.69, 9.17) is 0 Å². The lowest BCUT2D eigenvalue weighted by Gasteiger charge is -2.21. The third-order valence-electron chi connectivity index (χ3n) is 2.84. The van der Waals surface area contributed by atoms with Crippen LogP contribution in [0, 0.1) is 12.8 Å². The Morgan fingerprint density at radius 1 is 1.60 bits per heavy atom. The fourth-order valence-corrected chi connectivity index (χ4v) is 1.96. The van der Waals surface area contributed by atoms with E-state index in [1.54, 1.807) is 6.20 Å². The van der Waals surface area contributed by atoms with Crippen LogP contribution in [0.25, 0.3) is 0 Å². The smallest absolute Gasteiger partial charge is 0.185 e. The molecule has 1 aliphatic rings. The van der Waals surface area contributed by atoms with Crippen LogP contribution >= 0.6 is 0 Å². The van der Waals surface area contributed by atoms with Crippen LogP contribution in [-0.4, -0.2) is 23.9 Å². The summed E-state index contributed by atoms with van der Waals surface area (Å²) in [7, 11) is 0. The van der Waals surface area contributed by atoms with Gasteiger partial charge >= 0.3 is 0 Å². The van der Waals surface area contributed by atoms with Crippen molar-refractivity contribution in [2.24, 2.45) is 5.92 Å². The summed E-state index contributed by atoms with van der Waals surface area (Å²) in [5, 5.41) is 3.25. The summed E-state index contributed by atoms with van der Waals surface area (Å²) in [6, 6.07) is 3.78. The fraction of sp³-hybridized carbons (Fsp3) is 0.500. The minimum atomic E-state index is 0.119. The Morgan fingerprint density at radius 3 is 3.13 bits per heavy atom. The van der Waals surface area contributed by atoms with E-state index in [0.29, 0.717) is 5.69 Å². The number of ketones is 1. The topological polar surface area (TPSA) is 42.0 Å². The van der Waals surface area contributed by atoms with Crippen LogP contribution < -0.4 is 5.32 Å². The molecule has 15 heavy (non-hydrogen) atoms. The molecule has 0 radical (unpaired) electrons. The number of rotatable bonds is 2. The van der Waals surface area contributed by atoms with Gasteiger partial charge in [0, 0.05) is 18.7 Å². The molecule has 3 heteroatoms. The summed E-state index contributed by atoms with van der Waals surface area (Å²) in [4.78, 5) is 16.2. The second kappa shape index (κ2) is 4.53. The highest BCUT2D eigenvalue weighted by atomic mass is 16.1. The first-order valence-electron chi connectivity index (χ1n) is 5.45. The molecule has 0 spiro atoms. The van der Waals surface area contributed by atoms with Crippen LogP contribution in [0.5, 0.6) is 0 Å². The minimum Gasteiger partial charge on any atom is -0.316 e. The maximum atomic E-state index is 12.0. The van der Waals surface area contributed by atoms with Crippen LogP contribution in [0.3, 0.4) is 0 Å². The Morgan fingerprint density at radius 2 is 2.47 bits per heavy atom. The maximum Gasteiger partial charge on any atom is 0.185 e. The zero-order valence-electron chi connectivity index (χ0n) is 8.99. The van der Waals surface area contributed by atoms with E-state index in [9.17, 15) is 4.79 Å². The van der Waals surface area contributed by atoms with Crippen molar-refractivity contribution in [3.05, 3.63) is 29.6 Å². The molecule has 0 amide bonds. The third-order valence-corrected chi connectivity index (χ3v) is 2.84. The molecule has 0 saturated carbocycles. The average molecular weight is 204 g/mol. The van der Waals surface area contributed by atoms with E-state index in [1.165, 1.54) is 0 Å². The van der Waals surface area contributed by atoms with Crippen molar-refractivity contribution in [3.8, 4) is 0 Å². The third kappa shape index (κ3) is 2.42. The summed E-state index contributed by atoms with van der Waals surface area (Å²) >= 11 is 0. The molecule has 1 N–H and O–H groups in total. The highest BCUT2D eigenvalue weighted by Gasteiger charge is 2.22. The summed E-state index contributed by atoms with van der Waals surface area (Å²) in [6.45, 7) is 3.82. The lowest BCUT2D eigenvalue weighted by Crippen LogP contribution is -2.34. The first-order valence-corrected chi connectivity index (χ1v) is 5.45. The Kier molecular flexibility index (Phi) is 3.11. The fourth-order valence-electron chi connectivity index (χ4n) is 1.96. The number of nitrogens with one attached hydrogen (secondary N) is 1. The normalized spacial score (nSPS) is 21.3. The summed E-state index contributed by atoms with van der Waals surface area (Å²) in [5.74, 6) is 0.305. The summed E-state index contributed by atoms with van der Waals surface area (Å²) in [6.07, 6.45) is 3.78. The monoisotopic (exact) mass is 204 g/mol. The first kappa shape index (κ1) is 10.3. The molecular weight excluding hydrogens is 188 g/mol. The van der Waals surface area contributed by atoms with Crippen LogP contribution in [-0.2, 0) is 0 Å². The molecule has 0 bridgehead atoms. The molecule has 1 unspecified atom stereocenters. The van der Waals surface area contributed by atoms with Gasteiger partial charge in [0.25, 0.3) is 0 Å². The Bertz CT molecular complexity index is 356. The van der Waals surface area contributed by atoms with Crippen molar-refractivity contribution in [1.29, 1.82) is 0 Å². The van der Waals surface area contributed by atoms with Gasteiger partial charge in [-0.25, -0.2) is 0 Å². The van der Waals surface area contributed by atoms with Gasteiger partial charge in [-0.2, -0.15) is 0 Å². The number of pyridine rings is 1. The highest BCUT2D eigenvalue weighted by Crippen LogP contribution is 2.15. The number of nitrogens with zero attached hydrogens (tertiary/aromatic N) is 1. The number of piperidine rings is 1. The largest absolute Gasteiger partial charge is 0.316 e. The number of carbonyl (C=O) groups is 1. The van der Waals surface area contributed by atoms with Crippen molar-refractivity contribution in [1.82, 2.24) is 10.3 Å². The van der Waals surface area contributed by atoms with Gasteiger partial charge in [-0.05, 0) is 44.0 Å². The molecule has 2 rings (SSSR count). The van der Waals surface area contributed by atoms with Gasteiger partial charge in [-0.1, -0.05) is 0 Å². The van der Waals surface area contributed by atoms with Gasteiger partial charge in [-0.15, -0.1) is 0 Å². The van der Waals surface area contributed by atoms with Gasteiger partial charge in [0.2, 0.25) is 0 Å². The second-order valence-electron chi connectivity index (χ2n) is 4.13. The van der Waals surface area contributed by atoms with E-state index in [2.05, 4.69) is 10.3 Å². The van der Waals surface area contributed by atoms with E-state index in [0.717, 1.165) is 31.5 Å². The maximum absolute atomic E-state index is 12.0. The van der Waals surface area contributed by atoms with Gasteiger partial charge in [-0.3, -0.25) is 9.78 Å². The molecule has 1 aliphatic heterocycles. The predicted octanol–water partition coefficient (Wildman–Crippen LogP) is 1.57. The SMILES string of the molecule is Cc1ccnc(C(=O)C2CCCNC2)c1. The van der Waals surface area contributed by atoms with E-state index in [1.807, 2.05) is 19.1 Å². The predicted molar refractivity (Wildman–Crippen MR) is 58.9 cm³/mol. The molecule has 3 nitrogen and oxygen atoms in total. The lowest BCUT2D eigenvalue weighted by atomic mass is 9.93. The number of aromatic nitrogens is 1. The van der Waals surface area contributed by atoms with Gasteiger partial charge < -0.3 is 5.32 Å². The Hall–Kier alpha value is -1.22. The zero-order valence-corrected chi connectivity index (χ0v) is 8.99. The lowest BCUT2D eigenvalue weighted by molar-refractivity contribution is 0.0894. The molecule has 2 heterocycles. The number of carbonyl (C=O) groups excluding carboxylic acids is 1. The summed E-state index contributed by atoms with van der Waals surface area (Å²) in [5.41, 5.74) is 1.71. The first-order chi connectivity index (χ1) is 7.27. The van der Waals surface area contributed by atoms with E-state index in [-0.39, 0.29) is 11.7 Å².